The van der Waals surface area contributed by atoms with Gasteiger partial charge in [-0.1, -0.05) is 48.2 Å². The molecule has 2 aromatic rings. The van der Waals surface area contributed by atoms with Crippen LogP contribution in [0.25, 0.3) is 0 Å². The lowest BCUT2D eigenvalue weighted by Gasteiger charge is -2.09. The standard InChI is InChI=1S/C20H21N3O3S/c1-13-7-3-5-9-15(13)22-18(24)11-17-19(25)23-20(27-17)21-12-14-8-4-6-10-16(14)26-2/h3-10,17H,11-12H2,1-2H3,(H,22,24)(H,21,23,25). The summed E-state index contributed by atoms with van der Waals surface area (Å²) in [6.07, 6.45) is 0.0957. The lowest BCUT2D eigenvalue weighted by molar-refractivity contribution is -0.122. The zero-order valence-electron chi connectivity index (χ0n) is 15.2. The van der Waals surface area contributed by atoms with Gasteiger partial charge in [-0.3, -0.25) is 14.6 Å². The third-order valence-corrected chi connectivity index (χ3v) is 5.27. The van der Waals surface area contributed by atoms with Crippen molar-refractivity contribution in [2.45, 2.75) is 25.1 Å². The van der Waals surface area contributed by atoms with Gasteiger partial charge in [0.1, 0.15) is 11.0 Å². The van der Waals surface area contributed by atoms with Crippen LogP contribution in [-0.2, 0) is 16.1 Å². The number of hydrogen-bond donors (Lipinski definition) is 2. The fourth-order valence-corrected chi connectivity index (χ4v) is 3.66. The van der Waals surface area contributed by atoms with Gasteiger partial charge in [0.05, 0.1) is 13.7 Å². The van der Waals surface area contributed by atoms with Gasteiger partial charge in [0.25, 0.3) is 0 Å². The Morgan fingerprint density at radius 3 is 2.74 bits per heavy atom. The third kappa shape index (κ3) is 4.89. The van der Waals surface area contributed by atoms with Crippen LogP contribution in [0.3, 0.4) is 0 Å². The van der Waals surface area contributed by atoms with Gasteiger partial charge in [0, 0.05) is 17.7 Å². The van der Waals surface area contributed by atoms with Crippen molar-refractivity contribution in [2.24, 2.45) is 4.99 Å². The van der Waals surface area contributed by atoms with Gasteiger partial charge >= 0.3 is 0 Å². The zero-order valence-corrected chi connectivity index (χ0v) is 16.0. The van der Waals surface area contributed by atoms with Crippen molar-refractivity contribution < 1.29 is 14.3 Å². The number of aryl methyl sites for hydroxylation is 1. The smallest absolute Gasteiger partial charge is 0.240 e. The van der Waals surface area contributed by atoms with Crippen LogP contribution >= 0.6 is 11.8 Å². The van der Waals surface area contributed by atoms with Gasteiger partial charge in [-0.2, -0.15) is 0 Å². The third-order valence-electron chi connectivity index (χ3n) is 4.15. The number of rotatable bonds is 6. The number of nitrogens with zero attached hydrogens (tertiary/aromatic N) is 1. The SMILES string of the molecule is COc1ccccc1CN=C1NC(=O)C(CC(=O)Nc2ccccc2C)S1. The van der Waals surface area contributed by atoms with Crippen LogP contribution in [0.4, 0.5) is 5.69 Å². The molecule has 140 valence electrons. The second-order valence-electron chi connectivity index (χ2n) is 6.10. The van der Waals surface area contributed by atoms with Crippen LogP contribution in [0.1, 0.15) is 17.5 Å². The molecule has 3 rings (SSSR count). The van der Waals surface area contributed by atoms with Gasteiger partial charge in [0.15, 0.2) is 5.17 Å². The summed E-state index contributed by atoms with van der Waals surface area (Å²) in [7, 11) is 1.61. The molecule has 7 heteroatoms. The molecule has 1 aliphatic heterocycles. The number of aliphatic imine (C=N–C) groups is 1. The van der Waals surface area contributed by atoms with Crippen molar-refractivity contribution in [3.63, 3.8) is 0 Å². The van der Waals surface area contributed by atoms with E-state index in [0.29, 0.717) is 11.7 Å². The molecular formula is C20H21N3O3S. The van der Waals surface area contributed by atoms with E-state index in [0.717, 1.165) is 22.6 Å². The second kappa shape index (κ2) is 8.73. The molecule has 1 fully saturated rings. The highest BCUT2D eigenvalue weighted by Gasteiger charge is 2.32. The van der Waals surface area contributed by atoms with Crippen LogP contribution in [0, 0.1) is 6.92 Å². The fourth-order valence-electron chi connectivity index (χ4n) is 2.69. The van der Waals surface area contributed by atoms with Gasteiger partial charge in [-0.05, 0) is 24.6 Å². The molecule has 0 spiro atoms. The maximum atomic E-state index is 12.3. The molecule has 27 heavy (non-hydrogen) atoms. The molecule has 1 aliphatic rings. The van der Waals surface area contributed by atoms with Crippen molar-refractivity contribution in [3.05, 3.63) is 59.7 Å². The Morgan fingerprint density at radius 1 is 1.22 bits per heavy atom. The van der Waals surface area contributed by atoms with Crippen molar-refractivity contribution >= 4 is 34.4 Å². The average molecular weight is 383 g/mol. The van der Waals surface area contributed by atoms with E-state index in [1.54, 1.807) is 7.11 Å². The number of hydrogen-bond acceptors (Lipinski definition) is 5. The van der Waals surface area contributed by atoms with E-state index in [4.69, 9.17) is 4.74 Å². The molecule has 0 saturated carbocycles. The molecule has 0 aromatic heterocycles. The van der Waals surface area contributed by atoms with Crippen molar-refractivity contribution in [1.82, 2.24) is 5.32 Å². The Bertz CT molecular complexity index is 882. The quantitative estimate of drug-likeness (QED) is 0.803. The summed E-state index contributed by atoms with van der Waals surface area (Å²) >= 11 is 1.28. The first-order chi connectivity index (χ1) is 13.1. The Morgan fingerprint density at radius 2 is 1.96 bits per heavy atom. The number of benzene rings is 2. The number of thioether (sulfide) groups is 1. The first-order valence-corrected chi connectivity index (χ1v) is 9.44. The number of amidine groups is 1. The van der Waals surface area contributed by atoms with Crippen LogP contribution < -0.4 is 15.4 Å². The van der Waals surface area contributed by atoms with E-state index >= 15 is 0 Å². The lowest BCUT2D eigenvalue weighted by atomic mass is 10.2. The summed E-state index contributed by atoms with van der Waals surface area (Å²) in [6, 6.07) is 15.1. The molecule has 2 aromatic carbocycles. The summed E-state index contributed by atoms with van der Waals surface area (Å²) in [5.74, 6) is 0.368. The van der Waals surface area contributed by atoms with E-state index in [9.17, 15) is 9.59 Å². The molecular weight excluding hydrogens is 362 g/mol. The van der Waals surface area contributed by atoms with Gasteiger partial charge < -0.3 is 15.4 Å². The summed E-state index contributed by atoms with van der Waals surface area (Å²) < 4.78 is 5.31. The number of methoxy groups -OCH3 is 1. The van der Waals surface area contributed by atoms with E-state index in [2.05, 4.69) is 15.6 Å². The van der Waals surface area contributed by atoms with Crippen molar-refractivity contribution in [3.8, 4) is 5.75 Å². The molecule has 2 amide bonds. The van der Waals surface area contributed by atoms with E-state index in [1.165, 1.54) is 11.8 Å². The largest absolute Gasteiger partial charge is 0.496 e. The summed E-state index contributed by atoms with van der Waals surface area (Å²) in [5.41, 5.74) is 2.67. The number of para-hydroxylation sites is 2. The second-order valence-corrected chi connectivity index (χ2v) is 7.29. The van der Waals surface area contributed by atoms with Gasteiger partial charge in [-0.25, -0.2) is 0 Å². The first kappa shape index (κ1) is 19.0. The van der Waals surface area contributed by atoms with Crippen LogP contribution in [-0.4, -0.2) is 29.3 Å². The highest BCUT2D eigenvalue weighted by Crippen LogP contribution is 2.25. The summed E-state index contributed by atoms with van der Waals surface area (Å²) in [4.78, 5) is 28.9. The Kier molecular flexibility index (Phi) is 6.13. The zero-order chi connectivity index (χ0) is 19.2. The topological polar surface area (TPSA) is 79.8 Å². The Labute approximate surface area is 162 Å². The molecule has 0 aliphatic carbocycles. The number of ether oxygens (including phenoxy) is 1. The monoisotopic (exact) mass is 383 g/mol. The normalized spacial score (nSPS) is 17.6. The molecule has 0 radical (unpaired) electrons. The molecule has 2 N–H and O–H groups in total. The number of anilines is 1. The minimum Gasteiger partial charge on any atom is -0.496 e. The van der Waals surface area contributed by atoms with Gasteiger partial charge in [0.2, 0.25) is 11.8 Å². The molecule has 1 atom stereocenters. The fraction of sp³-hybridized carbons (Fsp3) is 0.250. The minimum absolute atomic E-state index is 0.0957. The first-order valence-electron chi connectivity index (χ1n) is 8.56. The van der Waals surface area contributed by atoms with E-state index < -0.39 is 5.25 Å². The average Bonchev–Trinajstić information content (AvgIpc) is 3.01. The number of carbonyl (C=O) groups is 2. The maximum Gasteiger partial charge on any atom is 0.240 e. The van der Waals surface area contributed by atoms with Gasteiger partial charge in [-0.15, -0.1) is 0 Å². The lowest BCUT2D eigenvalue weighted by Crippen LogP contribution is -2.28. The highest BCUT2D eigenvalue weighted by molar-refractivity contribution is 8.15. The predicted octanol–water partition coefficient (Wildman–Crippen LogP) is 3.12. The number of nitrogens with one attached hydrogen (secondary N) is 2. The molecule has 1 heterocycles. The number of amides is 2. The molecule has 6 nitrogen and oxygen atoms in total. The molecule has 0 bridgehead atoms. The molecule has 1 saturated heterocycles. The summed E-state index contributed by atoms with van der Waals surface area (Å²) in [5, 5.41) is 5.65. The van der Waals surface area contributed by atoms with Crippen LogP contribution in [0.15, 0.2) is 53.5 Å². The van der Waals surface area contributed by atoms with Crippen molar-refractivity contribution in [2.75, 3.05) is 12.4 Å². The number of carbonyl (C=O) groups excluding carboxylic acids is 2. The van der Waals surface area contributed by atoms with E-state index in [1.807, 2.05) is 55.5 Å². The Balaban J connectivity index is 1.58. The molecule has 1 unspecified atom stereocenters. The highest BCUT2D eigenvalue weighted by atomic mass is 32.2. The van der Waals surface area contributed by atoms with Crippen molar-refractivity contribution in [1.29, 1.82) is 0 Å². The minimum atomic E-state index is -0.481. The maximum absolute atomic E-state index is 12.3. The van der Waals surface area contributed by atoms with Crippen LogP contribution in [0.2, 0.25) is 0 Å². The summed E-state index contributed by atoms with van der Waals surface area (Å²) in [6.45, 7) is 2.32. The predicted molar refractivity (Wildman–Crippen MR) is 108 cm³/mol. The Hall–Kier alpha value is -2.80. The van der Waals surface area contributed by atoms with E-state index in [-0.39, 0.29) is 18.2 Å². The van der Waals surface area contributed by atoms with Crippen LogP contribution in [0.5, 0.6) is 5.75 Å².